The summed E-state index contributed by atoms with van der Waals surface area (Å²) >= 11 is 0. The van der Waals surface area contributed by atoms with E-state index >= 15 is 0 Å². The number of carboxylic acids is 1. The first-order chi connectivity index (χ1) is 8.58. The molecule has 2 rings (SSSR count). The number of hydrogen-bond donors (Lipinski definition) is 1. The number of aryl methyl sites for hydroxylation is 1. The molecule has 0 bridgehead atoms. The molecule has 1 aromatic rings. The van der Waals surface area contributed by atoms with Gasteiger partial charge >= 0.3 is 5.97 Å². The van der Waals surface area contributed by atoms with Crippen LogP contribution in [0, 0.1) is 12.8 Å². The predicted octanol–water partition coefficient (Wildman–Crippen LogP) is 1.33. The maximum absolute atomic E-state index is 12.2. The number of nitrogens with zero attached hydrogens (tertiary/aromatic N) is 2. The first kappa shape index (κ1) is 12.5. The number of likely N-dealkylation sites (tertiary alicyclic amines) is 1. The van der Waals surface area contributed by atoms with Gasteiger partial charge in [0.15, 0.2) is 0 Å². The summed E-state index contributed by atoms with van der Waals surface area (Å²) in [6.45, 7) is 2.76. The maximum Gasteiger partial charge on any atom is 0.308 e. The van der Waals surface area contributed by atoms with Crippen LogP contribution in [-0.2, 0) is 4.79 Å². The van der Waals surface area contributed by atoms with Crippen molar-refractivity contribution < 1.29 is 14.7 Å². The number of pyridine rings is 1. The number of amides is 1. The Labute approximate surface area is 105 Å². The summed E-state index contributed by atoms with van der Waals surface area (Å²) in [5.41, 5.74) is 1.36. The van der Waals surface area contributed by atoms with Crippen LogP contribution in [0.3, 0.4) is 0 Å². The summed E-state index contributed by atoms with van der Waals surface area (Å²) < 4.78 is 0. The van der Waals surface area contributed by atoms with Crippen LogP contribution in [0.25, 0.3) is 0 Å². The van der Waals surface area contributed by atoms with Gasteiger partial charge in [0, 0.05) is 30.5 Å². The second-order valence-corrected chi connectivity index (χ2v) is 4.61. The lowest BCUT2D eigenvalue weighted by molar-refractivity contribution is -0.143. The Morgan fingerprint density at radius 2 is 2.28 bits per heavy atom. The maximum atomic E-state index is 12.2. The Hall–Kier alpha value is -1.91. The molecule has 5 nitrogen and oxygen atoms in total. The van der Waals surface area contributed by atoms with Crippen LogP contribution < -0.4 is 0 Å². The summed E-state index contributed by atoms with van der Waals surface area (Å²) in [6, 6.07) is 3.40. The van der Waals surface area contributed by atoms with E-state index in [4.69, 9.17) is 5.11 Å². The van der Waals surface area contributed by atoms with Crippen molar-refractivity contribution in [2.45, 2.75) is 19.8 Å². The SMILES string of the molecule is Cc1cc(C(=O)N2CCC[C@H](C(=O)O)C2)ccn1. The van der Waals surface area contributed by atoms with E-state index in [2.05, 4.69) is 4.98 Å². The second-order valence-electron chi connectivity index (χ2n) is 4.61. The predicted molar refractivity (Wildman–Crippen MR) is 65.2 cm³/mol. The number of carbonyl (C=O) groups is 2. The minimum atomic E-state index is -0.821. The summed E-state index contributed by atoms with van der Waals surface area (Å²) in [6.07, 6.45) is 2.99. The van der Waals surface area contributed by atoms with Crippen molar-refractivity contribution in [3.63, 3.8) is 0 Å². The number of rotatable bonds is 2. The molecule has 5 heteroatoms. The highest BCUT2D eigenvalue weighted by atomic mass is 16.4. The van der Waals surface area contributed by atoms with Crippen LogP contribution in [0.15, 0.2) is 18.3 Å². The third kappa shape index (κ3) is 2.67. The Balaban J connectivity index is 2.11. The van der Waals surface area contributed by atoms with Gasteiger partial charge in [-0.15, -0.1) is 0 Å². The topological polar surface area (TPSA) is 70.5 Å². The Bertz CT molecular complexity index is 473. The molecule has 0 spiro atoms. The molecular weight excluding hydrogens is 232 g/mol. The van der Waals surface area contributed by atoms with Gasteiger partial charge in [0.1, 0.15) is 0 Å². The van der Waals surface area contributed by atoms with Crippen molar-refractivity contribution in [1.29, 1.82) is 0 Å². The van der Waals surface area contributed by atoms with Gasteiger partial charge in [0.25, 0.3) is 5.91 Å². The lowest BCUT2D eigenvalue weighted by Gasteiger charge is -2.30. The smallest absolute Gasteiger partial charge is 0.308 e. The fourth-order valence-electron chi connectivity index (χ4n) is 2.22. The lowest BCUT2D eigenvalue weighted by Crippen LogP contribution is -2.42. The molecule has 1 N–H and O–H groups in total. The summed E-state index contributed by atoms with van der Waals surface area (Å²) in [5, 5.41) is 9.00. The Morgan fingerprint density at radius 3 is 2.94 bits per heavy atom. The van der Waals surface area contributed by atoms with E-state index in [1.807, 2.05) is 6.92 Å². The second kappa shape index (κ2) is 5.16. The number of piperidine rings is 1. The van der Waals surface area contributed by atoms with Gasteiger partial charge in [-0.05, 0) is 31.9 Å². The molecule has 1 aliphatic heterocycles. The molecule has 1 saturated heterocycles. The third-order valence-corrected chi connectivity index (χ3v) is 3.20. The van der Waals surface area contributed by atoms with E-state index in [1.54, 1.807) is 23.2 Å². The Morgan fingerprint density at radius 1 is 1.50 bits per heavy atom. The third-order valence-electron chi connectivity index (χ3n) is 3.20. The van der Waals surface area contributed by atoms with E-state index in [0.29, 0.717) is 25.1 Å². The quantitative estimate of drug-likeness (QED) is 0.857. The first-order valence-electron chi connectivity index (χ1n) is 6.02. The van der Waals surface area contributed by atoms with Crippen LogP contribution >= 0.6 is 0 Å². The summed E-state index contributed by atoms with van der Waals surface area (Å²) in [4.78, 5) is 28.9. The van der Waals surface area contributed by atoms with Gasteiger partial charge in [-0.1, -0.05) is 0 Å². The average Bonchev–Trinajstić information content (AvgIpc) is 2.38. The zero-order valence-electron chi connectivity index (χ0n) is 10.3. The first-order valence-corrected chi connectivity index (χ1v) is 6.02. The normalized spacial score (nSPS) is 19.6. The van der Waals surface area contributed by atoms with E-state index in [0.717, 1.165) is 12.1 Å². The lowest BCUT2D eigenvalue weighted by atomic mass is 9.97. The zero-order chi connectivity index (χ0) is 13.1. The highest BCUT2D eigenvalue weighted by Crippen LogP contribution is 2.18. The van der Waals surface area contributed by atoms with Crippen molar-refractivity contribution in [2.75, 3.05) is 13.1 Å². The average molecular weight is 248 g/mol. The van der Waals surface area contributed by atoms with Crippen molar-refractivity contribution >= 4 is 11.9 Å². The van der Waals surface area contributed by atoms with Gasteiger partial charge in [-0.3, -0.25) is 14.6 Å². The summed E-state index contributed by atoms with van der Waals surface area (Å²) in [5.74, 6) is -1.37. The highest BCUT2D eigenvalue weighted by molar-refractivity contribution is 5.94. The van der Waals surface area contributed by atoms with Crippen LogP contribution in [0.5, 0.6) is 0 Å². The number of aliphatic carboxylic acids is 1. The molecule has 1 aromatic heterocycles. The van der Waals surface area contributed by atoms with Crippen molar-refractivity contribution in [1.82, 2.24) is 9.88 Å². The number of carboxylic acid groups (broad SMARTS) is 1. The summed E-state index contributed by atoms with van der Waals surface area (Å²) in [7, 11) is 0. The fraction of sp³-hybridized carbons (Fsp3) is 0.462. The molecule has 0 radical (unpaired) electrons. The van der Waals surface area contributed by atoms with Crippen LogP contribution in [-0.4, -0.2) is 40.0 Å². The molecule has 1 amide bonds. The van der Waals surface area contributed by atoms with Crippen LogP contribution in [0.1, 0.15) is 28.9 Å². The van der Waals surface area contributed by atoms with Crippen molar-refractivity contribution in [3.8, 4) is 0 Å². The van der Waals surface area contributed by atoms with E-state index in [1.165, 1.54) is 0 Å². The molecular formula is C13H16N2O3. The minimum Gasteiger partial charge on any atom is -0.481 e. The van der Waals surface area contributed by atoms with Gasteiger partial charge in [0.05, 0.1) is 5.92 Å². The molecule has 1 fully saturated rings. The van der Waals surface area contributed by atoms with E-state index in [9.17, 15) is 9.59 Å². The minimum absolute atomic E-state index is 0.105. The molecule has 0 aromatic carbocycles. The monoisotopic (exact) mass is 248 g/mol. The molecule has 2 heterocycles. The standard InChI is InChI=1S/C13H16N2O3/c1-9-7-10(4-5-14-9)12(16)15-6-2-3-11(8-15)13(17)18/h4-5,7,11H,2-3,6,8H2,1H3,(H,17,18)/t11-/m0/s1. The van der Waals surface area contributed by atoms with Gasteiger partial charge in [-0.25, -0.2) is 0 Å². The van der Waals surface area contributed by atoms with Crippen molar-refractivity contribution in [3.05, 3.63) is 29.6 Å². The largest absolute Gasteiger partial charge is 0.481 e. The molecule has 0 unspecified atom stereocenters. The number of carbonyl (C=O) groups excluding carboxylic acids is 1. The van der Waals surface area contributed by atoms with Gasteiger partial charge in [-0.2, -0.15) is 0 Å². The molecule has 0 saturated carbocycles. The van der Waals surface area contributed by atoms with E-state index < -0.39 is 11.9 Å². The number of aromatic nitrogens is 1. The van der Waals surface area contributed by atoms with Crippen LogP contribution in [0.2, 0.25) is 0 Å². The fourth-order valence-corrected chi connectivity index (χ4v) is 2.22. The Kier molecular flexibility index (Phi) is 3.60. The van der Waals surface area contributed by atoms with Gasteiger partial charge < -0.3 is 10.0 Å². The molecule has 96 valence electrons. The number of hydrogen-bond acceptors (Lipinski definition) is 3. The van der Waals surface area contributed by atoms with Crippen LogP contribution in [0.4, 0.5) is 0 Å². The zero-order valence-corrected chi connectivity index (χ0v) is 10.3. The van der Waals surface area contributed by atoms with Gasteiger partial charge in [0.2, 0.25) is 0 Å². The molecule has 1 aliphatic rings. The molecule has 0 aliphatic carbocycles. The highest BCUT2D eigenvalue weighted by Gasteiger charge is 2.28. The van der Waals surface area contributed by atoms with Crippen molar-refractivity contribution in [2.24, 2.45) is 5.92 Å². The molecule has 1 atom stereocenters. The molecule has 18 heavy (non-hydrogen) atoms. The van der Waals surface area contributed by atoms with E-state index in [-0.39, 0.29) is 5.91 Å².